The number of ether oxygens (including phenoxy) is 3. The van der Waals surface area contributed by atoms with Crippen LogP contribution in [0.1, 0.15) is 303 Å². The molecule has 0 aliphatic carbocycles. The molecule has 0 fully saturated rings. The molecule has 0 bridgehead atoms. The highest BCUT2D eigenvalue weighted by molar-refractivity contribution is 5.70. The summed E-state index contributed by atoms with van der Waals surface area (Å²) in [6.45, 7) is 7.83. The minimum absolute atomic E-state index is 0.0824. The van der Waals surface area contributed by atoms with Crippen LogP contribution in [-0.2, 0) is 23.8 Å². The van der Waals surface area contributed by atoms with Gasteiger partial charge in [0.2, 0.25) is 0 Å². The Hall–Kier alpha value is -1.88. The Kier molecular flexibility index (Phi) is 53.8. The molecule has 0 aromatic heterocycles. The van der Waals surface area contributed by atoms with E-state index in [1.807, 2.05) is 0 Å². The maximum atomic E-state index is 12.8. The average molecular weight is 900 g/mol. The minimum atomic E-state index is -0.543. The summed E-state index contributed by atoms with van der Waals surface area (Å²) >= 11 is 0. The van der Waals surface area contributed by atoms with Crippen molar-refractivity contribution in [1.82, 2.24) is 0 Å². The van der Waals surface area contributed by atoms with E-state index in [2.05, 4.69) is 57.2 Å². The second kappa shape index (κ2) is 55.4. The first-order valence-corrected chi connectivity index (χ1v) is 28.5. The molecule has 0 aliphatic rings. The molecule has 0 N–H and O–H groups in total. The zero-order valence-electron chi connectivity index (χ0n) is 43.3. The smallest absolute Gasteiger partial charge is 0.306 e. The second-order valence-electron chi connectivity index (χ2n) is 19.2. The lowest BCUT2D eigenvalue weighted by Crippen LogP contribution is -2.30. The fourth-order valence-electron chi connectivity index (χ4n) is 8.36. The number of hydrogen-bond acceptors (Lipinski definition) is 5. The van der Waals surface area contributed by atoms with Crippen LogP contribution < -0.4 is 0 Å². The van der Waals surface area contributed by atoms with Gasteiger partial charge in [-0.15, -0.1) is 0 Å². The van der Waals surface area contributed by atoms with Crippen molar-refractivity contribution < 1.29 is 23.8 Å². The van der Waals surface area contributed by atoms with Crippen molar-refractivity contribution in [3.05, 3.63) is 36.5 Å². The third-order valence-electron chi connectivity index (χ3n) is 12.6. The highest BCUT2D eigenvalue weighted by Gasteiger charge is 2.17. The monoisotopic (exact) mass is 899 g/mol. The average Bonchev–Trinajstić information content (AvgIpc) is 3.30. The Morgan fingerprint density at radius 3 is 1.08 bits per heavy atom. The number of carbonyl (C=O) groups is 2. The molecule has 1 unspecified atom stereocenters. The van der Waals surface area contributed by atoms with Gasteiger partial charge in [0, 0.05) is 19.4 Å². The lowest BCUT2D eigenvalue weighted by atomic mass is 10.0. The van der Waals surface area contributed by atoms with E-state index < -0.39 is 6.10 Å². The zero-order valence-corrected chi connectivity index (χ0v) is 43.3. The van der Waals surface area contributed by atoms with Crippen molar-refractivity contribution >= 4 is 11.9 Å². The highest BCUT2D eigenvalue weighted by Crippen LogP contribution is 2.16. The van der Waals surface area contributed by atoms with E-state index >= 15 is 0 Å². The van der Waals surface area contributed by atoms with E-state index in [0.29, 0.717) is 19.4 Å². The first-order chi connectivity index (χ1) is 31.6. The summed E-state index contributed by atoms with van der Waals surface area (Å²) in [5.41, 5.74) is 0. The quantitative estimate of drug-likeness (QED) is 0.0346. The molecule has 5 heteroatoms. The fraction of sp³-hybridized carbons (Fsp3) is 0.864. The molecule has 0 rings (SSSR count). The van der Waals surface area contributed by atoms with Crippen LogP contribution in [0.2, 0.25) is 0 Å². The molecular weight excluding hydrogens is 789 g/mol. The Morgan fingerprint density at radius 1 is 0.344 bits per heavy atom. The first kappa shape index (κ1) is 62.1. The topological polar surface area (TPSA) is 61.8 Å². The normalized spacial score (nSPS) is 12.4. The number of allylic oxidation sites excluding steroid dienone is 6. The number of unbranched alkanes of at least 4 members (excludes halogenated alkanes) is 36. The maximum Gasteiger partial charge on any atom is 0.306 e. The van der Waals surface area contributed by atoms with Crippen molar-refractivity contribution in [2.75, 3.05) is 19.8 Å². The van der Waals surface area contributed by atoms with Gasteiger partial charge in [-0.1, -0.05) is 250 Å². The first-order valence-electron chi connectivity index (χ1n) is 28.5. The molecule has 0 aromatic rings. The van der Waals surface area contributed by atoms with Crippen molar-refractivity contribution in [1.29, 1.82) is 0 Å². The number of hydrogen-bond donors (Lipinski definition) is 0. The lowest BCUT2D eigenvalue weighted by Gasteiger charge is -2.18. The molecule has 0 spiro atoms. The van der Waals surface area contributed by atoms with Gasteiger partial charge in [-0.25, -0.2) is 0 Å². The summed E-state index contributed by atoms with van der Waals surface area (Å²) in [5, 5.41) is 0. The predicted octanol–water partition coefficient (Wildman–Crippen LogP) is 19.4. The van der Waals surface area contributed by atoms with Crippen LogP contribution in [0.4, 0.5) is 0 Å². The molecule has 376 valence electrons. The van der Waals surface area contributed by atoms with E-state index in [-0.39, 0.29) is 25.2 Å². The Morgan fingerprint density at radius 2 is 0.656 bits per heavy atom. The number of rotatable bonds is 53. The molecule has 0 saturated carbocycles. The van der Waals surface area contributed by atoms with Gasteiger partial charge < -0.3 is 14.2 Å². The van der Waals surface area contributed by atoms with E-state index in [0.717, 1.165) is 57.8 Å². The Bertz CT molecular complexity index is 1020. The van der Waals surface area contributed by atoms with Gasteiger partial charge in [-0.3, -0.25) is 9.59 Å². The van der Waals surface area contributed by atoms with Crippen LogP contribution >= 0.6 is 0 Å². The maximum absolute atomic E-state index is 12.8. The van der Waals surface area contributed by atoms with Crippen molar-refractivity contribution in [3.8, 4) is 0 Å². The summed E-state index contributed by atoms with van der Waals surface area (Å²) in [7, 11) is 0. The lowest BCUT2D eigenvalue weighted by molar-refractivity contribution is -0.163. The van der Waals surface area contributed by atoms with Crippen LogP contribution in [-0.4, -0.2) is 37.9 Å². The van der Waals surface area contributed by atoms with Crippen LogP contribution in [0, 0.1) is 0 Å². The third kappa shape index (κ3) is 52.7. The summed E-state index contributed by atoms with van der Waals surface area (Å²) in [6, 6.07) is 0. The van der Waals surface area contributed by atoms with Crippen LogP contribution in [0.15, 0.2) is 36.5 Å². The van der Waals surface area contributed by atoms with Crippen LogP contribution in [0.5, 0.6) is 0 Å². The van der Waals surface area contributed by atoms with Gasteiger partial charge >= 0.3 is 11.9 Å². The van der Waals surface area contributed by atoms with Gasteiger partial charge in [0.1, 0.15) is 6.61 Å². The molecule has 0 heterocycles. The highest BCUT2D eigenvalue weighted by atomic mass is 16.6. The predicted molar refractivity (Wildman–Crippen MR) is 279 cm³/mol. The molecule has 1 atom stereocenters. The Labute approximate surface area is 400 Å². The molecule has 0 amide bonds. The third-order valence-corrected chi connectivity index (χ3v) is 12.6. The van der Waals surface area contributed by atoms with Gasteiger partial charge in [0.25, 0.3) is 0 Å². The molecule has 0 aromatic carbocycles. The second-order valence-corrected chi connectivity index (χ2v) is 19.2. The van der Waals surface area contributed by atoms with Gasteiger partial charge in [0.05, 0.1) is 6.61 Å². The molecule has 64 heavy (non-hydrogen) atoms. The van der Waals surface area contributed by atoms with Gasteiger partial charge in [-0.05, 0) is 77.0 Å². The summed E-state index contributed by atoms with van der Waals surface area (Å²) < 4.78 is 17.5. The number of carbonyl (C=O) groups excluding carboxylic acids is 2. The number of esters is 2. The Balaban J connectivity index is 4.26. The fourth-order valence-corrected chi connectivity index (χ4v) is 8.36. The summed E-state index contributed by atoms with van der Waals surface area (Å²) in [4.78, 5) is 25.5. The van der Waals surface area contributed by atoms with Crippen molar-refractivity contribution in [3.63, 3.8) is 0 Å². The zero-order chi connectivity index (χ0) is 46.3. The van der Waals surface area contributed by atoms with E-state index in [9.17, 15) is 9.59 Å². The minimum Gasteiger partial charge on any atom is -0.462 e. The van der Waals surface area contributed by atoms with Crippen LogP contribution in [0.25, 0.3) is 0 Å². The van der Waals surface area contributed by atoms with E-state index in [4.69, 9.17) is 14.2 Å². The molecule has 5 nitrogen and oxygen atoms in total. The molecule has 0 radical (unpaired) electrons. The van der Waals surface area contributed by atoms with Crippen molar-refractivity contribution in [2.24, 2.45) is 0 Å². The van der Waals surface area contributed by atoms with Gasteiger partial charge in [-0.2, -0.15) is 0 Å². The largest absolute Gasteiger partial charge is 0.462 e. The standard InChI is InChI=1S/C59H110O5/c1-4-7-10-13-16-19-22-25-28-30-32-34-37-40-43-46-49-52-58(60)63-56-57(55-62-54-51-48-45-42-39-36-33-29-26-23-20-17-14-11-8-5-2)64-59(61)53-50-47-44-41-38-35-31-27-24-21-18-15-12-9-6-3/h18,21,26-27,29,31,57H,4-17,19-20,22-25,28,30,32-56H2,1-3H3/b21-18-,29-26-,31-27-. The van der Waals surface area contributed by atoms with Crippen molar-refractivity contribution in [2.45, 2.75) is 309 Å². The van der Waals surface area contributed by atoms with E-state index in [1.165, 1.54) is 212 Å². The van der Waals surface area contributed by atoms with E-state index in [1.54, 1.807) is 0 Å². The molecule has 0 aliphatic heterocycles. The molecule has 0 saturated heterocycles. The van der Waals surface area contributed by atoms with Crippen LogP contribution in [0.3, 0.4) is 0 Å². The molecular formula is C59H110O5. The SMILES string of the molecule is CCCCC/C=C\C/C=C\CCCCCCCC(=O)OC(COCCCCCCCC/C=C\CCCCCCCC)COC(=O)CCCCCCCCCCCCCCCCCCC. The summed E-state index contributed by atoms with van der Waals surface area (Å²) in [5.74, 6) is -0.398. The summed E-state index contributed by atoms with van der Waals surface area (Å²) in [6.07, 6.45) is 67.3. The van der Waals surface area contributed by atoms with Gasteiger partial charge in [0.15, 0.2) is 6.10 Å².